The van der Waals surface area contributed by atoms with Gasteiger partial charge in [-0.15, -0.1) is 11.8 Å². The van der Waals surface area contributed by atoms with Crippen molar-refractivity contribution in [1.82, 2.24) is 41.4 Å². The molecule has 2 aliphatic rings. The average molecular weight is 1540 g/mol. The number of likely N-dealkylation sites (tertiary alicyclic amines) is 2. The second-order valence-electron chi connectivity index (χ2n) is 27.7. The highest BCUT2D eigenvalue weighted by atomic mass is 32.2. The number of fused-ring (bicyclic) bond motifs is 1. The van der Waals surface area contributed by atoms with Gasteiger partial charge in [0.2, 0.25) is 47.3 Å². The lowest BCUT2D eigenvalue weighted by Crippen LogP contribution is -2.57. The fourth-order valence-corrected chi connectivity index (χ4v) is 13.4. The fourth-order valence-electron chi connectivity index (χ4n) is 12.4. The minimum atomic E-state index is -1.60. The average Bonchev–Trinajstić information content (AvgIpc) is 1.84. The van der Waals surface area contributed by atoms with E-state index in [9.17, 15) is 87.9 Å². The predicted molar refractivity (Wildman–Crippen MR) is 393 cm³/mol. The molecule has 11 atom stereocenters. The number of esters is 1. The first-order chi connectivity index (χ1) is 51.6. The number of thioether (sulfide) groups is 1. The summed E-state index contributed by atoms with van der Waals surface area (Å²) in [5.74, 6) is -11.6. The molecule has 600 valence electrons. The zero-order chi connectivity index (χ0) is 79.4. The Morgan fingerprint density at radius 2 is 1.44 bits per heavy atom. The summed E-state index contributed by atoms with van der Waals surface area (Å²) in [5, 5.41) is 64.2. The number of Topliss-reactive ketones (excluding diaryl/α,β-unsaturated/α-hetero) is 3. The number of ether oxygens (including phenoxy) is 6. The van der Waals surface area contributed by atoms with Gasteiger partial charge in [0.15, 0.2) is 23.6 Å². The molecule has 2 saturated heterocycles. The van der Waals surface area contributed by atoms with Crippen LogP contribution in [-0.4, -0.2) is 263 Å². The Kier molecular flexibility index (Phi) is 39.8. The van der Waals surface area contributed by atoms with Gasteiger partial charge in [-0.2, -0.15) is 0 Å². The van der Waals surface area contributed by atoms with E-state index in [0.717, 1.165) is 15.8 Å². The number of aromatic nitrogens is 1. The molecule has 0 spiro atoms. The molecule has 2 aromatic carbocycles. The molecule has 0 bridgehead atoms. The first-order valence-electron chi connectivity index (χ1n) is 36.9. The molecule has 2 fully saturated rings. The molecule has 8 amide bonds. The monoisotopic (exact) mass is 1540 g/mol. The molecular formula is C75H110N8O24S. The molecule has 0 aliphatic carbocycles. The van der Waals surface area contributed by atoms with Crippen LogP contribution in [0.15, 0.2) is 54.7 Å². The number of nitrogens with one attached hydrogen (secondary N) is 6. The molecule has 1 aromatic heterocycles. The number of aliphatic hydroxyl groups is 3. The van der Waals surface area contributed by atoms with Crippen LogP contribution in [0.1, 0.15) is 130 Å². The molecule has 5 rings (SSSR count). The van der Waals surface area contributed by atoms with E-state index in [1.54, 1.807) is 38.2 Å². The number of benzene rings is 2. The van der Waals surface area contributed by atoms with Gasteiger partial charge in [0.25, 0.3) is 0 Å². The third-order valence-electron chi connectivity index (χ3n) is 18.5. The summed E-state index contributed by atoms with van der Waals surface area (Å²) in [7, 11) is 1.38. The highest BCUT2D eigenvalue weighted by molar-refractivity contribution is 8.00. The van der Waals surface area contributed by atoms with Crippen molar-refractivity contribution in [2.24, 2.45) is 29.6 Å². The van der Waals surface area contributed by atoms with Gasteiger partial charge in [0, 0.05) is 119 Å². The van der Waals surface area contributed by atoms with E-state index in [4.69, 9.17) is 28.4 Å². The first-order valence-corrected chi connectivity index (χ1v) is 37.9. The molecular weight excluding hydrogens is 1430 g/mol. The van der Waals surface area contributed by atoms with Crippen LogP contribution in [0.2, 0.25) is 0 Å². The number of rotatable bonds is 54. The molecule has 108 heavy (non-hydrogen) atoms. The van der Waals surface area contributed by atoms with Crippen LogP contribution >= 0.6 is 11.8 Å². The highest BCUT2D eigenvalue weighted by Crippen LogP contribution is 2.28. The number of amides is 8. The van der Waals surface area contributed by atoms with Gasteiger partial charge in [-0.3, -0.25) is 67.2 Å². The van der Waals surface area contributed by atoms with E-state index in [1.165, 1.54) is 42.8 Å². The number of ketones is 3. The number of hydrogen-bond acceptors (Lipinski definition) is 24. The largest absolute Gasteiger partial charge is 0.508 e. The van der Waals surface area contributed by atoms with Gasteiger partial charge < -0.3 is 90.4 Å². The zero-order valence-electron chi connectivity index (χ0n) is 62.8. The number of carbonyl (C=O) groups is 13. The smallest absolute Gasteiger partial charge is 0.307 e. The van der Waals surface area contributed by atoms with Crippen molar-refractivity contribution in [2.45, 2.75) is 179 Å². The summed E-state index contributed by atoms with van der Waals surface area (Å²) in [4.78, 5) is 179. The number of para-hydroxylation sites is 1. The molecule has 2 aliphatic heterocycles. The van der Waals surface area contributed by atoms with Crippen molar-refractivity contribution >= 4 is 99.2 Å². The van der Waals surface area contributed by atoms with Gasteiger partial charge >= 0.3 is 11.9 Å². The SMILES string of the molecule is CCC(CO)OC(COC(=O)CCCC(=O)NCCN1C(=O)CC(SCCOCCC(=O)NCCOCCOCC(=O)C[C@@H](CC(C)C)C(=O)N[C@H](C(=O)CC(C(=O)N[C@@H](CO)C(=O)N2CCC[C@H]2C(=O)NC(Cc2c[nH]c3ccccc23)C(=O)C[C@@H](Cc2ccc(O)cc2)C(=O)O)C(C)C)[C@@H](C)O)C1=O)OC. The number of nitrogens with zero attached hydrogens (tertiary/aromatic N) is 2. The molecule has 3 heterocycles. The number of carbonyl (C=O) groups excluding carboxylic acids is 12. The summed E-state index contributed by atoms with van der Waals surface area (Å²) in [5.41, 5.74) is 1.98. The molecule has 5 unspecified atom stereocenters. The van der Waals surface area contributed by atoms with Crippen molar-refractivity contribution in [1.29, 1.82) is 0 Å². The van der Waals surface area contributed by atoms with E-state index < -0.39 is 144 Å². The van der Waals surface area contributed by atoms with Crippen molar-refractivity contribution < 1.29 is 116 Å². The minimum absolute atomic E-state index is 0.00203. The van der Waals surface area contributed by atoms with Gasteiger partial charge in [-0.25, -0.2) is 0 Å². The number of imide groups is 1. The Morgan fingerprint density at radius 3 is 2.12 bits per heavy atom. The number of H-pyrrole nitrogens is 1. The Morgan fingerprint density at radius 1 is 0.741 bits per heavy atom. The van der Waals surface area contributed by atoms with Gasteiger partial charge in [-0.1, -0.05) is 65.0 Å². The van der Waals surface area contributed by atoms with Crippen molar-refractivity contribution in [3.63, 3.8) is 0 Å². The van der Waals surface area contributed by atoms with Crippen LogP contribution in [0.5, 0.6) is 5.75 Å². The van der Waals surface area contributed by atoms with Crippen LogP contribution in [0.25, 0.3) is 10.9 Å². The summed E-state index contributed by atoms with van der Waals surface area (Å²) in [6.45, 7) is 9.15. The van der Waals surface area contributed by atoms with Crippen LogP contribution < -0.4 is 26.6 Å². The number of hydrogen-bond donors (Lipinski definition) is 11. The van der Waals surface area contributed by atoms with Gasteiger partial charge in [0.05, 0.1) is 75.7 Å². The number of carboxylic acid groups (broad SMARTS) is 1. The number of aliphatic hydroxyl groups excluding tert-OH is 3. The number of aromatic amines is 1. The summed E-state index contributed by atoms with van der Waals surface area (Å²) in [6.07, 6.45) is -0.946. The standard InChI is InChI=1S/C75H110N8O24S/c1-8-54(41-84)107-68(102-7)44-106-67(94)17-11-16-64(91)76-23-26-83-66(93)39-63(74(83)99)108-32-31-103-27-22-65(92)77-24-28-104-29-30-105-43-53(88)35-49(33-45(2)3)70(95)81-69(47(6)86)62(90)38-56(46(4)5)71(96)80-59(42-85)73(98)82-25-12-15-60(82)72(97)79-58(36-51-40-78-57-14-10-9-13-55(51)57)61(89)37-50(75(100)101)34-48-18-20-52(87)21-19-48/h9-10,13-14,18-21,40,45-47,49-50,54,56,58-60,63,68-69,78,84-87H,8,11-12,15-17,22-39,41-44H2,1-7H3,(H,76,91)(H,77,92)(H,79,97)(H,80,96)(H,81,95)(H,100,101)/t47-,49-,50-,54?,56?,58?,59+,60+,63?,68?,69+/m1/s1. The molecule has 0 saturated carbocycles. The van der Waals surface area contributed by atoms with Gasteiger partial charge in [-0.05, 0) is 86.6 Å². The number of phenols is 1. The lowest BCUT2D eigenvalue weighted by atomic mass is 9.86. The molecule has 3 aromatic rings. The quantitative estimate of drug-likeness (QED) is 0.0167. The number of aromatic hydroxyl groups is 1. The normalized spacial score (nSPS) is 17.0. The Labute approximate surface area is 633 Å². The van der Waals surface area contributed by atoms with Crippen molar-refractivity contribution in [3.8, 4) is 5.75 Å². The lowest BCUT2D eigenvalue weighted by molar-refractivity contribution is -0.194. The van der Waals surface area contributed by atoms with E-state index >= 15 is 0 Å². The van der Waals surface area contributed by atoms with E-state index in [0.29, 0.717) is 29.7 Å². The van der Waals surface area contributed by atoms with E-state index in [1.807, 2.05) is 39.0 Å². The Hall–Kier alpha value is -8.28. The number of methoxy groups -OCH3 is 1. The topological polar surface area (TPSA) is 461 Å². The summed E-state index contributed by atoms with van der Waals surface area (Å²) >= 11 is 1.25. The maximum atomic E-state index is 14.3. The second-order valence-corrected chi connectivity index (χ2v) is 29.0. The number of aliphatic carboxylic acids is 1. The number of carboxylic acids is 1. The predicted octanol–water partition coefficient (Wildman–Crippen LogP) is 2.00. The fraction of sp³-hybridized carbons (Fsp3) is 0.640. The maximum absolute atomic E-state index is 14.3. The van der Waals surface area contributed by atoms with Gasteiger partial charge in [0.1, 0.15) is 37.1 Å². The van der Waals surface area contributed by atoms with Crippen molar-refractivity contribution in [2.75, 3.05) is 98.5 Å². The molecule has 32 nitrogen and oxygen atoms in total. The molecule has 0 radical (unpaired) electrons. The van der Waals surface area contributed by atoms with E-state index in [2.05, 4.69) is 31.6 Å². The Balaban J connectivity index is 0.982. The third kappa shape index (κ3) is 30.6. The molecule has 11 N–H and O–H groups in total. The van der Waals surface area contributed by atoms with Crippen molar-refractivity contribution in [3.05, 3.63) is 65.9 Å². The van der Waals surface area contributed by atoms with Crippen LogP contribution in [0.4, 0.5) is 0 Å². The molecule has 33 heteroatoms. The lowest BCUT2D eigenvalue weighted by Gasteiger charge is -2.31. The minimum Gasteiger partial charge on any atom is -0.508 e. The third-order valence-corrected chi connectivity index (χ3v) is 19.6. The van der Waals surface area contributed by atoms with Crippen LogP contribution in [0.3, 0.4) is 0 Å². The second kappa shape index (κ2) is 47.6. The van der Waals surface area contributed by atoms with E-state index in [-0.39, 0.29) is 179 Å². The Bertz CT molecular complexity index is 3440. The van der Waals surface area contributed by atoms with Crippen LogP contribution in [-0.2, 0) is 104 Å². The number of phenolic OH excluding ortho intramolecular Hbond substituents is 1. The highest BCUT2D eigenvalue weighted by Gasteiger charge is 2.42. The first kappa shape index (κ1) is 90.3. The summed E-state index contributed by atoms with van der Waals surface area (Å²) in [6, 6.07) is 7.67. The van der Waals surface area contributed by atoms with Crippen LogP contribution in [0, 0.1) is 29.6 Å². The zero-order valence-corrected chi connectivity index (χ0v) is 63.6. The maximum Gasteiger partial charge on any atom is 0.307 e. The summed E-state index contributed by atoms with van der Waals surface area (Å²) < 4.78 is 32.4.